The number of hydrogen-bond acceptors (Lipinski definition) is 2. The average molecular weight is 265 g/mol. The molecule has 1 rings (SSSR count). The Labute approximate surface area is 87.4 Å². The molecule has 0 bridgehead atoms. The molecule has 2 N–H and O–H groups in total. The van der Waals surface area contributed by atoms with Gasteiger partial charge in [0.15, 0.2) is 0 Å². The van der Waals surface area contributed by atoms with Gasteiger partial charge in [-0.15, -0.1) is 0 Å². The van der Waals surface area contributed by atoms with Gasteiger partial charge in [0.2, 0.25) is 0 Å². The van der Waals surface area contributed by atoms with Gasteiger partial charge in [0.05, 0.1) is 4.47 Å². The molecular weight excluding hydrogens is 258 g/mol. The van der Waals surface area contributed by atoms with Crippen molar-refractivity contribution in [2.24, 2.45) is 5.73 Å². The quantitative estimate of drug-likeness (QED) is 0.891. The molecule has 1 aromatic rings. The van der Waals surface area contributed by atoms with Gasteiger partial charge in [-0.25, -0.2) is 13.8 Å². The molecule has 0 fully saturated rings. The van der Waals surface area contributed by atoms with E-state index in [1.165, 1.54) is 13.1 Å². The molecule has 0 saturated carbocycles. The normalized spacial score (nSPS) is 10.6. The summed E-state index contributed by atoms with van der Waals surface area (Å²) in [6.45, 7) is 1.49. The van der Waals surface area contributed by atoms with Crippen LogP contribution in [0.4, 0.5) is 8.78 Å². The van der Waals surface area contributed by atoms with Crippen LogP contribution in [-0.4, -0.2) is 10.9 Å². The summed E-state index contributed by atoms with van der Waals surface area (Å²) in [4.78, 5) is 14.5. The minimum Gasteiger partial charge on any atom is -0.364 e. The zero-order chi connectivity index (χ0) is 10.9. The Morgan fingerprint density at radius 3 is 2.64 bits per heavy atom. The van der Waals surface area contributed by atoms with E-state index in [-0.39, 0.29) is 15.7 Å². The smallest absolute Gasteiger partial charge is 0.268 e. The molecule has 1 aromatic heterocycles. The second-order valence-corrected chi connectivity index (χ2v) is 3.48. The van der Waals surface area contributed by atoms with Gasteiger partial charge < -0.3 is 5.73 Å². The Morgan fingerprint density at radius 1 is 1.64 bits per heavy atom. The highest BCUT2D eigenvalue weighted by Gasteiger charge is 2.20. The molecule has 0 saturated heterocycles. The third-order valence-electron chi connectivity index (χ3n) is 1.71. The molecule has 0 radical (unpaired) electrons. The van der Waals surface area contributed by atoms with Gasteiger partial charge in [0, 0.05) is 11.8 Å². The van der Waals surface area contributed by atoms with Crippen LogP contribution in [0.1, 0.15) is 28.0 Å². The maximum atomic E-state index is 12.5. The highest BCUT2D eigenvalue weighted by Crippen LogP contribution is 2.31. The largest absolute Gasteiger partial charge is 0.364 e. The molecule has 0 spiro atoms. The minimum absolute atomic E-state index is 0.0278. The molecule has 1 heterocycles. The van der Waals surface area contributed by atoms with Crippen molar-refractivity contribution in [3.63, 3.8) is 0 Å². The van der Waals surface area contributed by atoms with E-state index in [1.54, 1.807) is 0 Å². The first-order valence-corrected chi connectivity index (χ1v) is 4.47. The van der Waals surface area contributed by atoms with E-state index in [2.05, 4.69) is 20.9 Å². The molecule has 3 nitrogen and oxygen atoms in total. The number of carbonyl (C=O) groups is 1. The van der Waals surface area contributed by atoms with Crippen molar-refractivity contribution in [2.45, 2.75) is 13.3 Å². The predicted octanol–water partition coefficient (Wildman–Crippen LogP) is 2.19. The summed E-state index contributed by atoms with van der Waals surface area (Å²) in [6.07, 6.45) is -1.46. The highest BCUT2D eigenvalue weighted by molar-refractivity contribution is 9.10. The van der Waals surface area contributed by atoms with Gasteiger partial charge in [-0.2, -0.15) is 0 Å². The highest BCUT2D eigenvalue weighted by atomic mass is 79.9. The lowest BCUT2D eigenvalue weighted by Gasteiger charge is -2.08. The first-order chi connectivity index (χ1) is 6.45. The third kappa shape index (κ3) is 1.89. The lowest BCUT2D eigenvalue weighted by Crippen LogP contribution is -2.15. The van der Waals surface area contributed by atoms with Crippen molar-refractivity contribution in [3.8, 4) is 0 Å². The summed E-state index contributed by atoms with van der Waals surface area (Å²) in [5.41, 5.74) is 4.86. The van der Waals surface area contributed by atoms with Gasteiger partial charge >= 0.3 is 0 Å². The molecule has 0 atom stereocenters. The molecular formula is C8H7BrF2N2O. The van der Waals surface area contributed by atoms with E-state index in [0.717, 1.165) is 0 Å². The summed E-state index contributed by atoms with van der Waals surface area (Å²) in [6, 6.07) is 0. The molecule has 0 unspecified atom stereocenters. The number of amides is 1. The Kier molecular flexibility index (Phi) is 3.15. The minimum atomic E-state index is -2.66. The lowest BCUT2D eigenvalue weighted by atomic mass is 10.1. The maximum Gasteiger partial charge on any atom is 0.268 e. The van der Waals surface area contributed by atoms with Crippen LogP contribution < -0.4 is 5.73 Å². The van der Waals surface area contributed by atoms with Crippen LogP contribution in [0.3, 0.4) is 0 Å². The van der Waals surface area contributed by atoms with E-state index in [1.807, 2.05) is 0 Å². The number of aromatic nitrogens is 1. The Hall–Kier alpha value is -1.04. The van der Waals surface area contributed by atoms with Gasteiger partial charge in [-0.1, -0.05) is 0 Å². The summed E-state index contributed by atoms with van der Waals surface area (Å²) in [7, 11) is 0. The molecule has 1 amide bonds. The lowest BCUT2D eigenvalue weighted by molar-refractivity contribution is 0.0994. The summed E-state index contributed by atoms with van der Waals surface area (Å²) in [5, 5.41) is 0. The molecule has 0 aliphatic carbocycles. The van der Waals surface area contributed by atoms with Gasteiger partial charge in [-0.3, -0.25) is 4.79 Å². The number of nitrogens with two attached hydrogens (primary N) is 1. The van der Waals surface area contributed by atoms with Crippen LogP contribution in [0, 0.1) is 6.92 Å². The Bertz CT molecular complexity index is 382. The maximum absolute atomic E-state index is 12.5. The van der Waals surface area contributed by atoms with Crippen LogP contribution in [0.15, 0.2) is 10.7 Å². The standard InChI is InChI=1S/C8H7BrF2N2O/c1-3-2-13-6(8(12)14)5(9)4(3)7(10)11/h2,7H,1H3,(H2,12,14). The average Bonchev–Trinajstić information content (AvgIpc) is 2.02. The van der Waals surface area contributed by atoms with E-state index in [4.69, 9.17) is 5.73 Å². The van der Waals surface area contributed by atoms with Crippen molar-refractivity contribution < 1.29 is 13.6 Å². The van der Waals surface area contributed by atoms with Crippen LogP contribution in [0.2, 0.25) is 0 Å². The van der Waals surface area contributed by atoms with E-state index in [0.29, 0.717) is 5.56 Å². The second kappa shape index (κ2) is 4.00. The predicted molar refractivity (Wildman–Crippen MR) is 50.1 cm³/mol. The fourth-order valence-corrected chi connectivity index (χ4v) is 1.81. The number of alkyl halides is 2. The number of hydrogen-bond donors (Lipinski definition) is 1. The van der Waals surface area contributed by atoms with Crippen molar-refractivity contribution in [1.82, 2.24) is 4.98 Å². The molecule has 0 aromatic carbocycles. The number of aryl methyl sites for hydroxylation is 1. The number of halogens is 3. The molecule has 14 heavy (non-hydrogen) atoms. The topological polar surface area (TPSA) is 56.0 Å². The fourth-order valence-electron chi connectivity index (χ4n) is 1.03. The number of pyridine rings is 1. The molecule has 0 aliphatic heterocycles. The monoisotopic (exact) mass is 264 g/mol. The van der Waals surface area contributed by atoms with Crippen LogP contribution >= 0.6 is 15.9 Å². The third-order valence-corrected chi connectivity index (χ3v) is 2.51. The van der Waals surface area contributed by atoms with Crippen molar-refractivity contribution >= 4 is 21.8 Å². The summed E-state index contributed by atoms with van der Waals surface area (Å²) < 4.78 is 25.0. The SMILES string of the molecule is Cc1cnc(C(N)=O)c(Br)c1C(F)F. The molecule has 6 heteroatoms. The number of primary amides is 1. The number of rotatable bonds is 2. The first kappa shape index (κ1) is 11.0. The zero-order valence-corrected chi connectivity index (χ0v) is 8.81. The van der Waals surface area contributed by atoms with Crippen molar-refractivity contribution in [3.05, 3.63) is 27.5 Å². The van der Waals surface area contributed by atoms with Gasteiger partial charge in [0.25, 0.3) is 12.3 Å². The molecule has 0 aliphatic rings. The van der Waals surface area contributed by atoms with Crippen LogP contribution in [0.25, 0.3) is 0 Å². The van der Waals surface area contributed by atoms with Gasteiger partial charge in [0.1, 0.15) is 5.69 Å². The van der Waals surface area contributed by atoms with E-state index in [9.17, 15) is 13.6 Å². The second-order valence-electron chi connectivity index (χ2n) is 2.68. The van der Waals surface area contributed by atoms with Crippen molar-refractivity contribution in [2.75, 3.05) is 0 Å². The summed E-state index contributed by atoms with van der Waals surface area (Å²) >= 11 is 2.89. The van der Waals surface area contributed by atoms with E-state index < -0.39 is 12.3 Å². The van der Waals surface area contributed by atoms with Crippen LogP contribution in [-0.2, 0) is 0 Å². The van der Waals surface area contributed by atoms with E-state index >= 15 is 0 Å². The van der Waals surface area contributed by atoms with Gasteiger partial charge in [-0.05, 0) is 28.4 Å². The fraction of sp³-hybridized carbons (Fsp3) is 0.250. The Balaban J connectivity index is 3.41. The first-order valence-electron chi connectivity index (χ1n) is 3.68. The zero-order valence-electron chi connectivity index (χ0n) is 7.22. The van der Waals surface area contributed by atoms with Crippen molar-refractivity contribution in [1.29, 1.82) is 0 Å². The molecule has 76 valence electrons. The number of carbonyl (C=O) groups excluding carboxylic acids is 1. The Morgan fingerprint density at radius 2 is 2.21 bits per heavy atom. The summed E-state index contributed by atoms with van der Waals surface area (Å²) in [5.74, 6) is -0.834. The number of nitrogens with zero attached hydrogens (tertiary/aromatic N) is 1. The van der Waals surface area contributed by atoms with Crippen LogP contribution in [0.5, 0.6) is 0 Å².